The Balaban J connectivity index is 0.907. The van der Waals surface area contributed by atoms with Crippen LogP contribution in [0.15, 0.2) is 97.1 Å². The number of aromatic nitrogens is 4. The van der Waals surface area contributed by atoms with Gasteiger partial charge in [0, 0.05) is 35.5 Å². The molecular formula is C48H46N8O6. The highest BCUT2D eigenvalue weighted by atomic mass is 16.5. The molecule has 4 aromatic carbocycles. The number of ether oxygens (including phenoxy) is 2. The Morgan fingerprint density at radius 2 is 1.23 bits per heavy atom. The van der Waals surface area contributed by atoms with Gasteiger partial charge in [-0.05, 0) is 85.5 Å². The highest BCUT2D eigenvalue weighted by Crippen LogP contribution is 2.39. The minimum absolute atomic E-state index is 0.204. The SMILES string of the molecule is COC(=O)N[C@@H](C(=O)N1CCC[C@H]1c1nc2c([nH]1)CCc1cc(C#Cc3ccc4nc([C@@H]5CCCN5C(=O)[C@H](NC(=O)OC)c5ccccc5)[nH]c4c3)ccc1-2)c1ccccc1. The van der Waals surface area contributed by atoms with Gasteiger partial charge in [0.25, 0.3) is 11.8 Å². The summed E-state index contributed by atoms with van der Waals surface area (Å²) in [4.78, 5) is 73.2. The summed E-state index contributed by atoms with van der Waals surface area (Å²) in [6, 6.07) is 28.1. The highest BCUT2D eigenvalue weighted by molar-refractivity contribution is 5.88. The molecule has 0 bridgehead atoms. The zero-order valence-electron chi connectivity index (χ0n) is 34.4. The van der Waals surface area contributed by atoms with Gasteiger partial charge in [0.1, 0.15) is 23.7 Å². The lowest BCUT2D eigenvalue weighted by atomic mass is 9.91. The third-order valence-corrected chi connectivity index (χ3v) is 12.0. The third-order valence-electron chi connectivity index (χ3n) is 12.0. The molecule has 2 fully saturated rings. The van der Waals surface area contributed by atoms with Crippen LogP contribution in [-0.4, -0.2) is 81.0 Å². The van der Waals surface area contributed by atoms with Crippen molar-refractivity contribution in [3.63, 3.8) is 0 Å². The number of aryl methyl sites for hydroxylation is 2. The van der Waals surface area contributed by atoms with E-state index in [1.807, 2.05) is 89.8 Å². The second-order valence-electron chi connectivity index (χ2n) is 15.8. The van der Waals surface area contributed by atoms with Gasteiger partial charge < -0.3 is 39.9 Å². The number of hydrogen-bond donors (Lipinski definition) is 4. The molecule has 0 spiro atoms. The molecule has 2 saturated heterocycles. The smallest absolute Gasteiger partial charge is 0.407 e. The number of imidazole rings is 2. The maximum absolute atomic E-state index is 14.0. The number of aromatic amines is 2. The van der Waals surface area contributed by atoms with E-state index in [2.05, 4.69) is 44.6 Å². The van der Waals surface area contributed by atoms with Crippen molar-refractivity contribution in [2.75, 3.05) is 27.3 Å². The first-order chi connectivity index (χ1) is 30.3. The Morgan fingerprint density at radius 3 is 1.81 bits per heavy atom. The molecular weight excluding hydrogens is 785 g/mol. The molecule has 62 heavy (non-hydrogen) atoms. The van der Waals surface area contributed by atoms with E-state index in [1.54, 1.807) is 4.90 Å². The van der Waals surface area contributed by atoms with Crippen LogP contribution in [-0.2, 0) is 31.9 Å². The van der Waals surface area contributed by atoms with Crippen LogP contribution in [0.3, 0.4) is 0 Å². The van der Waals surface area contributed by atoms with Crippen LogP contribution < -0.4 is 10.6 Å². The van der Waals surface area contributed by atoms with Gasteiger partial charge in [-0.1, -0.05) is 78.6 Å². The van der Waals surface area contributed by atoms with Crippen LogP contribution >= 0.6 is 0 Å². The Kier molecular flexibility index (Phi) is 11.2. The first-order valence-corrected chi connectivity index (χ1v) is 20.9. The molecule has 6 aromatic rings. The number of likely N-dealkylation sites (tertiary alicyclic amines) is 2. The fourth-order valence-corrected chi connectivity index (χ4v) is 8.95. The average Bonchev–Trinajstić information content (AvgIpc) is 4.15. The van der Waals surface area contributed by atoms with Gasteiger partial charge in [0.05, 0.1) is 43.0 Å². The molecule has 3 aliphatic rings. The van der Waals surface area contributed by atoms with Crippen molar-refractivity contribution in [2.45, 2.75) is 62.7 Å². The van der Waals surface area contributed by atoms with Crippen molar-refractivity contribution in [1.29, 1.82) is 0 Å². The molecule has 9 rings (SSSR count). The van der Waals surface area contributed by atoms with Gasteiger partial charge in [-0.15, -0.1) is 0 Å². The van der Waals surface area contributed by atoms with Crippen molar-refractivity contribution in [1.82, 2.24) is 40.4 Å². The number of rotatable bonds is 8. The normalized spacial score (nSPS) is 17.6. The van der Waals surface area contributed by atoms with Gasteiger partial charge in [-0.3, -0.25) is 9.59 Å². The number of hydrogen-bond acceptors (Lipinski definition) is 8. The molecule has 14 heteroatoms. The molecule has 14 nitrogen and oxygen atoms in total. The lowest BCUT2D eigenvalue weighted by Gasteiger charge is -2.28. The van der Waals surface area contributed by atoms with Crippen LogP contribution in [0, 0.1) is 11.8 Å². The number of fused-ring (bicyclic) bond motifs is 4. The number of carbonyl (C=O) groups is 4. The number of methoxy groups -OCH3 is 2. The van der Waals surface area contributed by atoms with E-state index in [0.29, 0.717) is 30.0 Å². The third kappa shape index (κ3) is 7.97. The average molecular weight is 831 g/mol. The zero-order chi connectivity index (χ0) is 42.7. The maximum atomic E-state index is 14.0. The molecule has 2 aliphatic heterocycles. The molecule has 4 atom stereocenters. The monoisotopic (exact) mass is 830 g/mol. The van der Waals surface area contributed by atoms with Crippen molar-refractivity contribution in [3.8, 4) is 23.1 Å². The standard InChI is InChI=1S/C48H46N8O6/c1-61-47(59)53-40(31-11-5-3-6-12-31)45(57)55-25-9-15-38(55)43-49-35-23-20-30(28-37(35)51-43)18-17-29-19-22-34-33(27-29)21-24-36-42(34)52-44(50-36)39-16-10-26-56(39)46(58)41(54-48(60)62-2)32-13-7-4-8-14-32/h3-8,11-14,19-20,22-23,27-28,38-41H,9-10,15-16,21,24-26H2,1-2H3,(H,49,51)(H,50,52)(H,53,59)(H,54,60)/t38-,39-,40+,41+/m0/s1. The van der Waals surface area contributed by atoms with Gasteiger partial charge >= 0.3 is 12.2 Å². The summed E-state index contributed by atoms with van der Waals surface area (Å²) in [5.41, 5.74) is 8.81. The second kappa shape index (κ2) is 17.3. The van der Waals surface area contributed by atoms with E-state index in [1.165, 1.54) is 14.2 Å². The summed E-state index contributed by atoms with van der Waals surface area (Å²) in [5.74, 6) is 7.69. The number of nitrogens with zero attached hydrogens (tertiary/aromatic N) is 4. The molecule has 0 radical (unpaired) electrons. The van der Waals surface area contributed by atoms with Gasteiger partial charge in [0.15, 0.2) is 0 Å². The van der Waals surface area contributed by atoms with E-state index in [-0.39, 0.29) is 23.9 Å². The van der Waals surface area contributed by atoms with Gasteiger partial charge in [-0.25, -0.2) is 19.6 Å². The van der Waals surface area contributed by atoms with Gasteiger partial charge in [-0.2, -0.15) is 0 Å². The van der Waals surface area contributed by atoms with Crippen LogP contribution in [0.4, 0.5) is 9.59 Å². The number of amides is 4. The van der Waals surface area contributed by atoms with E-state index in [4.69, 9.17) is 19.4 Å². The predicted molar refractivity (Wildman–Crippen MR) is 230 cm³/mol. The highest BCUT2D eigenvalue weighted by Gasteiger charge is 2.39. The lowest BCUT2D eigenvalue weighted by Crippen LogP contribution is -2.42. The summed E-state index contributed by atoms with van der Waals surface area (Å²) in [6.45, 7) is 1.10. The topological polar surface area (TPSA) is 175 Å². The van der Waals surface area contributed by atoms with Crippen LogP contribution in [0.1, 0.15) is 95.0 Å². The van der Waals surface area contributed by atoms with Gasteiger partial charge in [0.2, 0.25) is 0 Å². The number of H-pyrrole nitrogens is 2. The summed E-state index contributed by atoms with van der Waals surface area (Å²) >= 11 is 0. The Morgan fingerprint density at radius 1 is 0.677 bits per heavy atom. The summed E-state index contributed by atoms with van der Waals surface area (Å²) in [6.07, 6.45) is 3.38. The van der Waals surface area contributed by atoms with E-state index >= 15 is 0 Å². The molecule has 0 saturated carbocycles. The zero-order valence-corrected chi connectivity index (χ0v) is 34.4. The maximum Gasteiger partial charge on any atom is 0.407 e. The Bertz CT molecular complexity index is 2720. The molecule has 2 aromatic heterocycles. The minimum Gasteiger partial charge on any atom is -0.453 e. The van der Waals surface area contributed by atoms with Crippen molar-refractivity contribution in [3.05, 3.63) is 142 Å². The Labute approximate surface area is 358 Å². The largest absolute Gasteiger partial charge is 0.453 e. The molecule has 4 amide bonds. The van der Waals surface area contributed by atoms with Crippen LogP contribution in [0.2, 0.25) is 0 Å². The van der Waals surface area contributed by atoms with Crippen molar-refractivity contribution >= 4 is 35.0 Å². The fourth-order valence-electron chi connectivity index (χ4n) is 8.95. The second-order valence-corrected chi connectivity index (χ2v) is 15.8. The quantitative estimate of drug-likeness (QED) is 0.119. The Hall–Kier alpha value is -7.40. The van der Waals surface area contributed by atoms with E-state index < -0.39 is 24.3 Å². The summed E-state index contributed by atoms with van der Waals surface area (Å²) in [5, 5.41) is 5.45. The number of nitrogens with one attached hydrogen (secondary N) is 4. The van der Waals surface area contributed by atoms with E-state index in [9.17, 15) is 19.2 Å². The lowest BCUT2D eigenvalue weighted by molar-refractivity contribution is -0.135. The molecule has 4 N–H and O–H groups in total. The molecule has 1 aliphatic carbocycles. The number of alkyl carbamates (subject to hydrolysis) is 2. The van der Waals surface area contributed by atoms with Crippen molar-refractivity contribution in [2.24, 2.45) is 0 Å². The first kappa shape index (κ1) is 40.0. The number of benzene rings is 4. The van der Waals surface area contributed by atoms with Crippen molar-refractivity contribution < 1.29 is 28.7 Å². The molecule has 0 unspecified atom stereocenters. The predicted octanol–water partition coefficient (Wildman–Crippen LogP) is 6.97. The summed E-state index contributed by atoms with van der Waals surface area (Å²) < 4.78 is 9.70. The van der Waals surface area contributed by atoms with E-state index in [0.717, 1.165) is 89.0 Å². The first-order valence-electron chi connectivity index (χ1n) is 20.9. The minimum atomic E-state index is -0.893. The number of carbonyl (C=O) groups excluding carboxylic acids is 4. The molecule has 4 heterocycles. The molecule has 314 valence electrons. The summed E-state index contributed by atoms with van der Waals surface area (Å²) in [7, 11) is 2.56. The van der Waals surface area contributed by atoms with Crippen LogP contribution in [0.25, 0.3) is 22.3 Å². The van der Waals surface area contributed by atoms with Crippen LogP contribution in [0.5, 0.6) is 0 Å². The fraction of sp³-hybridized carbons (Fsp3) is 0.292.